The van der Waals surface area contributed by atoms with Crippen molar-refractivity contribution in [3.05, 3.63) is 29.8 Å². The Kier molecular flexibility index (Phi) is 10.9. The normalized spacial score (nSPS) is 9.71. The summed E-state index contributed by atoms with van der Waals surface area (Å²) in [7, 11) is 0. The summed E-state index contributed by atoms with van der Waals surface area (Å²) in [6, 6.07) is 5.98. The van der Waals surface area contributed by atoms with E-state index >= 15 is 0 Å². The molecule has 0 bridgehead atoms. The first kappa shape index (κ1) is 21.6. The van der Waals surface area contributed by atoms with Gasteiger partial charge in [0.2, 0.25) is 0 Å². The topological polar surface area (TPSA) is 93.1 Å². The number of ether oxygens (including phenoxy) is 2. The van der Waals surface area contributed by atoms with E-state index in [1.54, 1.807) is 12.1 Å². The molecule has 1 N–H and O–H groups in total. The molecule has 0 aliphatic rings. The molecule has 0 saturated heterocycles. The highest BCUT2D eigenvalue weighted by Gasteiger charge is 2.11. The predicted molar refractivity (Wildman–Crippen MR) is 89.1 cm³/mol. The van der Waals surface area contributed by atoms with Crippen molar-refractivity contribution in [3.63, 3.8) is 0 Å². The van der Waals surface area contributed by atoms with Gasteiger partial charge in [0.25, 0.3) is 0 Å². The van der Waals surface area contributed by atoms with Crippen LogP contribution in [-0.4, -0.2) is 54.2 Å². The molecule has 1 aromatic rings. The van der Waals surface area contributed by atoms with E-state index in [1.165, 1.54) is 26.0 Å². The first-order valence-electron chi connectivity index (χ1n) is 7.68. The molecule has 0 heterocycles. The number of likely N-dealkylation sites (N-methyl/N-ethyl adjacent to an activating group) is 1. The van der Waals surface area contributed by atoms with Crippen LogP contribution >= 0.6 is 0 Å². The molecule has 0 aliphatic heterocycles. The molecule has 0 atom stereocenters. The van der Waals surface area contributed by atoms with Crippen molar-refractivity contribution in [1.29, 1.82) is 0 Å². The highest BCUT2D eigenvalue weighted by molar-refractivity contribution is 5.91. The Morgan fingerprint density at radius 2 is 1.62 bits per heavy atom. The van der Waals surface area contributed by atoms with Crippen LogP contribution in [0.3, 0.4) is 0 Å². The summed E-state index contributed by atoms with van der Waals surface area (Å²) in [6.07, 6.45) is 0. The zero-order valence-corrected chi connectivity index (χ0v) is 14.6. The predicted octanol–water partition coefficient (Wildman–Crippen LogP) is 2.20. The van der Waals surface area contributed by atoms with E-state index in [2.05, 4.69) is 23.5 Å². The maximum atomic E-state index is 10.6. The highest BCUT2D eigenvalue weighted by Crippen LogP contribution is 2.17. The second kappa shape index (κ2) is 12.1. The molecule has 134 valence electrons. The van der Waals surface area contributed by atoms with Crippen LogP contribution in [0.25, 0.3) is 0 Å². The lowest BCUT2D eigenvalue weighted by molar-refractivity contribution is -0.141. The molecule has 0 amide bonds. The van der Waals surface area contributed by atoms with Gasteiger partial charge in [0.1, 0.15) is 17.9 Å². The van der Waals surface area contributed by atoms with Gasteiger partial charge < -0.3 is 19.5 Å². The van der Waals surface area contributed by atoms with Crippen LogP contribution in [0.5, 0.6) is 5.75 Å². The molecule has 24 heavy (non-hydrogen) atoms. The van der Waals surface area contributed by atoms with E-state index in [0.29, 0.717) is 6.61 Å². The van der Waals surface area contributed by atoms with Crippen LogP contribution in [-0.2, 0) is 14.3 Å². The Hall–Kier alpha value is -2.41. The SMILES string of the molecule is CC(=O)Oc1ccccc1C(=O)O.CCN(CC)CCOC(C)=O. The number of carboxylic acid groups (broad SMARTS) is 1. The summed E-state index contributed by atoms with van der Waals surface area (Å²) < 4.78 is 9.48. The zero-order chi connectivity index (χ0) is 18.5. The molecule has 0 unspecified atom stereocenters. The van der Waals surface area contributed by atoms with Crippen LogP contribution < -0.4 is 4.74 Å². The molecule has 0 radical (unpaired) electrons. The lowest BCUT2D eigenvalue weighted by atomic mass is 10.2. The van der Waals surface area contributed by atoms with E-state index in [4.69, 9.17) is 9.84 Å². The van der Waals surface area contributed by atoms with Crippen LogP contribution in [0.1, 0.15) is 38.1 Å². The summed E-state index contributed by atoms with van der Waals surface area (Å²) >= 11 is 0. The van der Waals surface area contributed by atoms with Crippen molar-refractivity contribution in [1.82, 2.24) is 4.90 Å². The van der Waals surface area contributed by atoms with E-state index in [1.807, 2.05) is 0 Å². The van der Waals surface area contributed by atoms with Gasteiger partial charge in [-0.1, -0.05) is 26.0 Å². The number of carbonyl (C=O) groups is 3. The third-order valence-electron chi connectivity index (χ3n) is 2.98. The molecule has 0 spiro atoms. The van der Waals surface area contributed by atoms with Gasteiger partial charge >= 0.3 is 17.9 Å². The second-order valence-electron chi connectivity index (χ2n) is 4.76. The van der Waals surface area contributed by atoms with Gasteiger partial charge in [-0.2, -0.15) is 0 Å². The maximum absolute atomic E-state index is 10.6. The van der Waals surface area contributed by atoms with Gasteiger partial charge in [-0.05, 0) is 25.2 Å². The van der Waals surface area contributed by atoms with Crippen LogP contribution in [0, 0.1) is 0 Å². The summed E-state index contributed by atoms with van der Waals surface area (Å²) in [5.41, 5.74) is -0.0160. The number of para-hydroxylation sites is 1. The Morgan fingerprint density at radius 1 is 1.04 bits per heavy atom. The summed E-state index contributed by atoms with van der Waals surface area (Å²) in [4.78, 5) is 33.8. The molecular weight excluding hydrogens is 314 g/mol. The van der Waals surface area contributed by atoms with Crippen molar-refractivity contribution in [2.24, 2.45) is 0 Å². The Balaban J connectivity index is 0.000000449. The maximum Gasteiger partial charge on any atom is 0.339 e. The third kappa shape index (κ3) is 9.58. The molecule has 7 heteroatoms. The molecular formula is C17H25NO6. The third-order valence-corrected chi connectivity index (χ3v) is 2.98. The van der Waals surface area contributed by atoms with E-state index in [9.17, 15) is 14.4 Å². The smallest absolute Gasteiger partial charge is 0.339 e. The van der Waals surface area contributed by atoms with E-state index in [0.717, 1.165) is 19.6 Å². The minimum Gasteiger partial charge on any atom is -0.478 e. The fraction of sp³-hybridized carbons (Fsp3) is 0.471. The second-order valence-corrected chi connectivity index (χ2v) is 4.76. The molecule has 0 aromatic heterocycles. The molecule has 1 aromatic carbocycles. The van der Waals surface area contributed by atoms with Gasteiger partial charge in [-0.3, -0.25) is 9.59 Å². The lowest BCUT2D eigenvalue weighted by Gasteiger charge is -2.16. The van der Waals surface area contributed by atoms with Crippen molar-refractivity contribution < 1.29 is 29.0 Å². The van der Waals surface area contributed by atoms with Crippen molar-refractivity contribution in [2.45, 2.75) is 27.7 Å². The first-order chi connectivity index (χ1) is 11.3. The van der Waals surface area contributed by atoms with E-state index < -0.39 is 11.9 Å². The Bertz CT molecular complexity index is 540. The van der Waals surface area contributed by atoms with Crippen molar-refractivity contribution in [2.75, 3.05) is 26.2 Å². The lowest BCUT2D eigenvalue weighted by Crippen LogP contribution is -2.27. The van der Waals surface area contributed by atoms with Gasteiger partial charge in [0, 0.05) is 20.4 Å². The van der Waals surface area contributed by atoms with Crippen molar-refractivity contribution >= 4 is 17.9 Å². The number of carboxylic acids is 1. The molecule has 0 aliphatic carbocycles. The van der Waals surface area contributed by atoms with Gasteiger partial charge in [0.15, 0.2) is 0 Å². The summed E-state index contributed by atoms with van der Waals surface area (Å²) in [5, 5.41) is 8.69. The average Bonchev–Trinajstić information content (AvgIpc) is 2.51. The monoisotopic (exact) mass is 339 g/mol. The van der Waals surface area contributed by atoms with E-state index in [-0.39, 0.29) is 17.3 Å². The number of rotatable bonds is 7. The number of hydrogen-bond donors (Lipinski definition) is 1. The van der Waals surface area contributed by atoms with Crippen LogP contribution in [0.4, 0.5) is 0 Å². The average molecular weight is 339 g/mol. The number of carbonyl (C=O) groups excluding carboxylic acids is 2. The minimum absolute atomic E-state index is 0.0160. The number of aromatic carboxylic acids is 1. The van der Waals surface area contributed by atoms with Crippen LogP contribution in [0.2, 0.25) is 0 Å². The zero-order valence-electron chi connectivity index (χ0n) is 14.6. The quantitative estimate of drug-likeness (QED) is 0.601. The van der Waals surface area contributed by atoms with Crippen LogP contribution in [0.15, 0.2) is 24.3 Å². The Labute approximate surface area is 142 Å². The minimum atomic E-state index is -1.11. The summed E-state index contributed by atoms with van der Waals surface area (Å²) in [5.74, 6) is -1.77. The number of esters is 2. The largest absolute Gasteiger partial charge is 0.478 e. The van der Waals surface area contributed by atoms with Crippen molar-refractivity contribution in [3.8, 4) is 5.75 Å². The molecule has 1 rings (SSSR count). The fourth-order valence-electron chi connectivity index (χ4n) is 1.75. The summed E-state index contributed by atoms with van der Waals surface area (Å²) in [6.45, 7) is 10.2. The molecule has 0 saturated carbocycles. The standard InChI is InChI=1S/C9H8O4.C8H17NO2/c1-6(10)13-8-5-3-2-4-7(8)9(11)12;1-4-9(5-2)6-7-11-8(3)10/h2-5H,1H3,(H,11,12);4-7H2,1-3H3. The fourth-order valence-corrected chi connectivity index (χ4v) is 1.75. The van der Waals surface area contributed by atoms with Gasteiger partial charge in [-0.25, -0.2) is 4.79 Å². The number of hydrogen-bond acceptors (Lipinski definition) is 6. The highest BCUT2D eigenvalue weighted by atomic mass is 16.5. The molecule has 0 fully saturated rings. The molecule has 7 nitrogen and oxygen atoms in total. The number of benzene rings is 1. The van der Waals surface area contributed by atoms with Gasteiger partial charge in [-0.15, -0.1) is 0 Å². The first-order valence-corrected chi connectivity index (χ1v) is 7.68. The number of nitrogens with zero attached hydrogens (tertiary/aromatic N) is 1. The van der Waals surface area contributed by atoms with Gasteiger partial charge in [0.05, 0.1) is 0 Å². The Morgan fingerprint density at radius 3 is 2.08 bits per heavy atom.